The number of esters is 2. The van der Waals surface area contributed by atoms with Gasteiger partial charge in [0.1, 0.15) is 18.5 Å². The van der Waals surface area contributed by atoms with E-state index in [4.69, 9.17) is 9.47 Å². The second-order valence-corrected chi connectivity index (χ2v) is 7.17. The van der Waals surface area contributed by atoms with E-state index in [2.05, 4.69) is 0 Å². The molecule has 0 unspecified atom stereocenters. The Balaban J connectivity index is 2.07. The molecule has 0 aromatic carbocycles. The Morgan fingerprint density at radius 2 is 2.04 bits per heavy atom. The molecule has 26 heavy (non-hydrogen) atoms. The van der Waals surface area contributed by atoms with E-state index in [0.717, 1.165) is 5.57 Å². The van der Waals surface area contributed by atoms with Gasteiger partial charge in [0.05, 0.1) is 5.92 Å². The highest BCUT2D eigenvalue weighted by Gasteiger charge is 2.55. The third-order valence-corrected chi connectivity index (χ3v) is 5.69. The fourth-order valence-electron chi connectivity index (χ4n) is 4.16. The van der Waals surface area contributed by atoms with Gasteiger partial charge < -0.3 is 9.47 Å². The SMILES string of the molecule is C/C=C(\C)C(=O)O[C@@H]1CC(C=O)=C2C(=O)C=C(C)[C@@H]2[C@H]2OC(=O)[C@H](C)[C@@H]21. The van der Waals surface area contributed by atoms with Gasteiger partial charge in [0.25, 0.3) is 0 Å². The van der Waals surface area contributed by atoms with Gasteiger partial charge >= 0.3 is 11.9 Å². The lowest BCUT2D eigenvalue weighted by atomic mass is 9.79. The van der Waals surface area contributed by atoms with Crippen molar-refractivity contribution in [1.29, 1.82) is 0 Å². The largest absolute Gasteiger partial charge is 0.461 e. The summed E-state index contributed by atoms with van der Waals surface area (Å²) in [7, 11) is 0. The molecule has 0 aromatic rings. The summed E-state index contributed by atoms with van der Waals surface area (Å²) < 4.78 is 11.3. The predicted octanol–water partition coefficient (Wildman–Crippen LogP) is 2.09. The Bertz CT molecular complexity index is 784. The van der Waals surface area contributed by atoms with Gasteiger partial charge in [-0.25, -0.2) is 4.79 Å². The van der Waals surface area contributed by atoms with Crippen molar-refractivity contribution in [2.45, 2.75) is 46.3 Å². The Labute approximate surface area is 151 Å². The van der Waals surface area contributed by atoms with Crippen LogP contribution < -0.4 is 0 Å². The first kappa shape index (κ1) is 18.3. The van der Waals surface area contributed by atoms with Crippen LogP contribution in [0.3, 0.4) is 0 Å². The number of carbonyl (C=O) groups is 4. The molecule has 1 saturated heterocycles. The van der Waals surface area contributed by atoms with E-state index in [9.17, 15) is 19.2 Å². The second kappa shape index (κ2) is 6.67. The number of ketones is 1. The van der Waals surface area contributed by atoms with Gasteiger partial charge in [-0.15, -0.1) is 0 Å². The fourth-order valence-corrected chi connectivity index (χ4v) is 4.16. The first-order valence-corrected chi connectivity index (χ1v) is 8.75. The van der Waals surface area contributed by atoms with E-state index < -0.39 is 35.9 Å². The highest BCUT2D eigenvalue weighted by molar-refractivity contribution is 6.11. The van der Waals surface area contributed by atoms with Crippen molar-refractivity contribution in [3.05, 3.63) is 34.4 Å². The summed E-state index contributed by atoms with van der Waals surface area (Å²) in [5, 5.41) is 0. The molecule has 6 nitrogen and oxygen atoms in total. The van der Waals surface area contributed by atoms with E-state index in [1.54, 1.807) is 33.8 Å². The third kappa shape index (κ3) is 2.73. The summed E-state index contributed by atoms with van der Waals surface area (Å²) in [5.74, 6) is -2.45. The van der Waals surface area contributed by atoms with Crippen molar-refractivity contribution < 1.29 is 28.7 Å². The molecular weight excluding hydrogens is 336 g/mol. The number of ether oxygens (including phenoxy) is 2. The zero-order valence-electron chi connectivity index (χ0n) is 15.3. The first-order chi connectivity index (χ1) is 12.3. The van der Waals surface area contributed by atoms with Crippen LogP contribution in [0.4, 0.5) is 0 Å². The lowest BCUT2D eigenvalue weighted by Gasteiger charge is -2.29. The van der Waals surface area contributed by atoms with Crippen molar-refractivity contribution in [3.8, 4) is 0 Å². The number of fused-ring (bicyclic) bond motifs is 3. The number of hydrogen-bond donors (Lipinski definition) is 0. The van der Waals surface area contributed by atoms with Gasteiger partial charge in [0.2, 0.25) is 0 Å². The van der Waals surface area contributed by atoms with Gasteiger partial charge in [-0.1, -0.05) is 18.6 Å². The summed E-state index contributed by atoms with van der Waals surface area (Å²) in [6.45, 7) is 6.90. The molecule has 3 aliphatic rings. The lowest BCUT2D eigenvalue weighted by Crippen LogP contribution is -2.38. The minimum absolute atomic E-state index is 0.104. The molecule has 0 bridgehead atoms. The van der Waals surface area contributed by atoms with Gasteiger partial charge in [0.15, 0.2) is 5.78 Å². The molecule has 0 amide bonds. The molecule has 1 aliphatic heterocycles. The zero-order valence-corrected chi connectivity index (χ0v) is 15.3. The Hall–Kier alpha value is -2.50. The van der Waals surface area contributed by atoms with Crippen LogP contribution in [0.1, 0.15) is 34.1 Å². The second-order valence-electron chi connectivity index (χ2n) is 7.17. The van der Waals surface area contributed by atoms with Crippen molar-refractivity contribution in [2.75, 3.05) is 0 Å². The molecule has 0 aromatic heterocycles. The van der Waals surface area contributed by atoms with Crippen LogP contribution in [0.2, 0.25) is 0 Å². The molecule has 138 valence electrons. The fraction of sp³-hybridized carbons (Fsp3) is 0.500. The Morgan fingerprint density at radius 3 is 2.65 bits per heavy atom. The summed E-state index contributed by atoms with van der Waals surface area (Å²) >= 11 is 0. The number of rotatable bonds is 3. The molecule has 0 spiro atoms. The highest BCUT2D eigenvalue weighted by atomic mass is 16.6. The number of hydrogen-bond acceptors (Lipinski definition) is 6. The van der Waals surface area contributed by atoms with Gasteiger partial charge in [-0.3, -0.25) is 14.4 Å². The van der Waals surface area contributed by atoms with Crippen LogP contribution >= 0.6 is 0 Å². The van der Waals surface area contributed by atoms with Crippen LogP contribution in [0.15, 0.2) is 34.4 Å². The van der Waals surface area contributed by atoms with Crippen LogP contribution in [-0.4, -0.2) is 36.2 Å². The number of allylic oxidation sites excluding steroid dienone is 2. The van der Waals surface area contributed by atoms with E-state index in [1.807, 2.05) is 0 Å². The van der Waals surface area contributed by atoms with Gasteiger partial charge in [-0.05, 0) is 26.8 Å². The summed E-state index contributed by atoms with van der Waals surface area (Å²) in [5.41, 5.74) is 1.89. The molecule has 0 saturated carbocycles. The summed E-state index contributed by atoms with van der Waals surface area (Å²) in [6.07, 6.45) is 2.57. The minimum Gasteiger partial charge on any atom is -0.461 e. The predicted molar refractivity (Wildman–Crippen MR) is 91.8 cm³/mol. The average molecular weight is 358 g/mol. The van der Waals surface area contributed by atoms with E-state index in [1.165, 1.54) is 6.08 Å². The van der Waals surface area contributed by atoms with Crippen LogP contribution in [0, 0.1) is 17.8 Å². The molecule has 6 heteroatoms. The summed E-state index contributed by atoms with van der Waals surface area (Å²) in [6, 6.07) is 0. The average Bonchev–Trinajstić information content (AvgIpc) is 3.00. The maximum Gasteiger partial charge on any atom is 0.333 e. The van der Waals surface area contributed by atoms with Crippen LogP contribution in [0.5, 0.6) is 0 Å². The first-order valence-electron chi connectivity index (χ1n) is 8.75. The summed E-state index contributed by atoms with van der Waals surface area (Å²) in [4.78, 5) is 48.7. The Kier molecular flexibility index (Phi) is 4.69. The number of carbonyl (C=O) groups excluding carboxylic acids is 4. The van der Waals surface area contributed by atoms with Gasteiger partial charge in [0, 0.05) is 35.0 Å². The molecule has 1 fully saturated rings. The quantitative estimate of drug-likeness (QED) is 0.436. The maximum atomic E-state index is 12.4. The zero-order chi connectivity index (χ0) is 19.2. The third-order valence-electron chi connectivity index (χ3n) is 5.69. The minimum atomic E-state index is -0.706. The monoisotopic (exact) mass is 358 g/mol. The smallest absolute Gasteiger partial charge is 0.333 e. The molecule has 3 rings (SSSR count). The highest BCUT2D eigenvalue weighted by Crippen LogP contribution is 2.48. The lowest BCUT2D eigenvalue weighted by molar-refractivity contribution is -0.149. The molecule has 1 heterocycles. The van der Waals surface area contributed by atoms with Crippen molar-refractivity contribution in [3.63, 3.8) is 0 Å². The van der Waals surface area contributed by atoms with E-state index in [-0.39, 0.29) is 18.2 Å². The van der Waals surface area contributed by atoms with E-state index in [0.29, 0.717) is 23.0 Å². The maximum absolute atomic E-state index is 12.4. The van der Waals surface area contributed by atoms with Gasteiger partial charge in [-0.2, -0.15) is 0 Å². The molecule has 5 atom stereocenters. The standard InChI is InChI=1S/C20H22O6/c1-5-9(2)19(23)25-14-7-12(8-21)17-13(22)6-10(3)15(17)18-16(14)11(4)20(24)26-18/h5-6,8,11,14-16,18H,7H2,1-4H3/b9-5+/t11-,14-,15+,16-,18-/m1/s1. The van der Waals surface area contributed by atoms with Crippen LogP contribution in [-0.2, 0) is 28.7 Å². The van der Waals surface area contributed by atoms with E-state index >= 15 is 0 Å². The molecule has 0 radical (unpaired) electrons. The van der Waals surface area contributed by atoms with Crippen molar-refractivity contribution >= 4 is 24.0 Å². The van der Waals surface area contributed by atoms with Crippen molar-refractivity contribution in [1.82, 2.24) is 0 Å². The molecule has 2 aliphatic carbocycles. The Morgan fingerprint density at radius 1 is 1.35 bits per heavy atom. The topological polar surface area (TPSA) is 86.7 Å². The normalized spacial score (nSPS) is 33.9. The number of aldehydes is 1. The van der Waals surface area contributed by atoms with Crippen LogP contribution in [0.25, 0.3) is 0 Å². The molecule has 0 N–H and O–H groups in total. The van der Waals surface area contributed by atoms with Crippen molar-refractivity contribution in [2.24, 2.45) is 17.8 Å². The molecular formula is C20H22O6.